The number of carbonyl (C=O) groups is 2. The first-order valence-corrected chi connectivity index (χ1v) is 13.2. The normalized spacial score (nSPS) is 12.3. The van der Waals surface area contributed by atoms with Gasteiger partial charge in [-0.05, 0) is 50.8 Å². The third kappa shape index (κ3) is 5.92. The fourth-order valence-corrected chi connectivity index (χ4v) is 8.02. The number of esters is 1. The Kier molecular flexibility index (Phi) is 9.05. The van der Waals surface area contributed by atoms with Gasteiger partial charge in [-0.2, -0.15) is 0 Å². The van der Waals surface area contributed by atoms with E-state index in [0.29, 0.717) is 6.16 Å². The lowest BCUT2D eigenvalue weighted by atomic mass is 10.1. The van der Waals surface area contributed by atoms with Gasteiger partial charge in [0.1, 0.15) is 12.3 Å². The molecule has 0 heterocycles. The number of benzene rings is 2. The molecule has 1 atom stereocenters. The van der Waals surface area contributed by atoms with Crippen molar-refractivity contribution in [3.05, 3.63) is 65.2 Å². The van der Waals surface area contributed by atoms with Crippen LogP contribution in [0.25, 0.3) is 0 Å². The lowest BCUT2D eigenvalue weighted by Gasteiger charge is -2.31. The SMILES string of the molecule is CCC(C(=O)Nc1c(C)cccc1C)[P+](CC)(CC)CC(=O)OCc1ccccc1. The number of para-hydroxylation sites is 1. The first kappa shape index (κ1) is 24.1. The van der Waals surface area contributed by atoms with E-state index in [4.69, 9.17) is 4.74 Å². The third-order valence-electron chi connectivity index (χ3n) is 6.03. The van der Waals surface area contributed by atoms with Gasteiger partial charge >= 0.3 is 5.97 Å². The number of rotatable bonds is 10. The van der Waals surface area contributed by atoms with Crippen LogP contribution in [-0.2, 0) is 20.9 Å². The van der Waals surface area contributed by atoms with Gasteiger partial charge in [0, 0.05) is 12.9 Å². The van der Waals surface area contributed by atoms with E-state index in [9.17, 15) is 9.59 Å². The molecule has 0 radical (unpaired) electrons. The van der Waals surface area contributed by atoms with Crippen LogP contribution >= 0.6 is 7.26 Å². The van der Waals surface area contributed by atoms with Crippen LogP contribution in [0.15, 0.2) is 48.5 Å². The van der Waals surface area contributed by atoms with Crippen molar-refractivity contribution in [1.82, 2.24) is 0 Å². The fraction of sp³-hybridized carbons (Fsp3) is 0.440. The smallest absolute Gasteiger partial charge is 0.344 e. The first-order chi connectivity index (χ1) is 14.4. The average molecular weight is 429 g/mol. The molecular formula is C25H35NO3P+. The Labute approximate surface area is 181 Å². The summed E-state index contributed by atoms with van der Waals surface area (Å²) >= 11 is 0. The molecule has 1 unspecified atom stereocenters. The Morgan fingerprint density at radius 1 is 0.933 bits per heavy atom. The fourth-order valence-electron chi connectivity index (χ4n) is 4.08. The van der Waals surface area contributed by atoms with Crippen LogP contribution in [0.3, 0.4) is 0 Å². The quantitative estimate of drug-likeness (QED) is 0.383. The molecule has 0 fully saturated rings. The summed E-state index contributed by atoms with van der Waals surface area (Å²) in [6.07, 6.45) is 2.77. The molecule has 5 heteroatoms. The van der Waals surface area contributed by atoms with Crippen LogP contribution in [0.4, 0.5) is 5.69 Å². The van der Waals surface area contributed by atoms with Gasteiger partial charge in [-0.15, -0.1) is 0 Å². The van der Waals surface area contributed by atoms with E-state index in [0.717, 1.165) is 41.1 Å². The number of carbonyl (C=O) groups excluding carboxylic acids is 2. The largest absolute Gasteiger partial charge is 0.458 e. The summed E-state index contributed by atoms with van der Waals surface area (Å²) in [6, 6.07) is 15.7. The number of amides is 1. The Bertz CT molecular complexity index is 826. The molecular weight excluding hydrogens is 393 g/mol. The molecule has 0 aromatic heterocycles. The van der Waals surface area contributed by atoms with Crippen LogP contribution in [0.5, 0.6) is 0 Å². The summed E-state index contributed by atoms with van der Waals surface area (Å²) in [5.41, 5.74) is 3.81. The maximum atomic E-state index is 13.3. The number of hydrogen-bond acceptors (Lipinski definition) is 3. The minimum absolute atomic E-state index is 0.0304. The van der Waals surface area contributed by atoms with Crippen molar-refractivity contribution >= 4 is 24.8 Å². The second-order valence-electron chi connectivity index (χ2n) is 7.84. The van der Waals surface area contributed by atoms with E-state index in [1.54, 1.807) is 0 Å². The lowest BCUT2D eigenvalue weighted by Crippen LogP contribution is -2.35. The molecule has 1 amide bonds. The van der Waals surface area contributed by atoms with Crippen molar-refractivity contribution in [2.45, 2.75) is 53.3 Å². The highest BCUT2D eigenvalue weighted by atomic mass is 31.2. The summed E-state index contributed by atoms with van der Waals surface area (Å²) in [5.74, 6) is -0.169. The molecule has 0 aliphatic heterocycles. The van der Waals surface area contributed by atoms with E-state index >= 15 is 0 Å². The van der Waals surface area contributed by atoms with Crippen LogP contribution in [-0.4, -0.2) is 36.0 Å². The van der Waals surface area contributed by atoms with Crippen molar-refractivity contribution in [2.75, 3.05) is 23.8 Å². The maximum Gasteiger partial charge on any atom is 0.344 e. The third-order valence-corrected chi connectivity index (χ3v) is 11.4. The number of aryl methyl sites for hydroxylation is 2. The van der Waals surface area contributed by atoms with E-state index < -0.39 is 7.26 Å². The van der Waals surface area contributed by atoms with Gasteiger partial charge < -0.3 is 10.1 Å². The highest BCUT2D eigenvalue weighted by molar-refractivity contribution is 7.78. The van der Waals surface area contributed by atoms with Gasteiger partial charge in [0.25, 0.3) is 5.91 Å². The van der Waals surface area contributed by atoms with Crippen molar-refractivity contribution < 1.29 is 14.3 Å². The van der Waals surface area contributed by atoms with Crippen LogP contribution < -0.4 is 5.32 Å². The molecule has 2 aromatic carbocycles. The summed E-state index contributed by atoms with van der Waals surface area (Å²) in [6.45, 7) is 10.6. The van der Waals surface area contributed by atoms with Crippen LogP contribution in [0, 0.1) is 13.8 Å². The molecule has 0 aliphatic carbocycles. The molecule has 0 bridgehead atoms. The summed E-state index contributed by atoms with van der Waals surface area (Å²) in [5, 5.41) is 3.17. The predicted octanol–water partition coefficient (Wildman–Crippen LogP) is 5.82. The molecule has 1 N–H and O–H groups in total. The average Bonchev–Trinajstić information content (AvgIpc) is 2.75. The molecule has 30 heavy (non-hydrogen) atoms. The molecule has 0 saturated carbocycles. The molecule has 162 valence electrons. The Morgan fingerprint density at radius 2 is 1.53 bits per heavy atom. The second-order valence-corrected chi connectivity index (χ2v) is 12.5. The first-order valence-electron chi connectivity index (χ1n) is 10.8. The highest BCUT2D eigenvalue weighted by Crippen LogP contribution is 2.63. The minimum Gasteiger partial charge on any atom is -0.458 e. The zero-order chi connectivity index (χ0) is 22.1. The van der Waals surface area contributed by atoms with Crippen molar-refractivity contribution in [3.63, 3.8) is 0 Å². The minimum atomic E-state index is -1.86. The van der Waals surface area contributed by atoms with Crippen molar-refractivity contribution in [2.24, 2.45) is 0 Å². The van der Waals surface area contributed by atoms with Gasteiger partial charge in [0.05, 0.1) is 12.3 Å². The van der Waals surface area contributed by atoms with Gasteiger partial charge in [-0.1, -0.05) is 55.5 Å². The van der Waals surface area contributed by atoms with Gasteiger partial charge in [-0.3, -0.25) is 4.79 Å². The monoisotopic (exact) mass is 428 g/mol. The van der Waals surface area contributed by atoms with E-state index in [-0.39, 0.29) is 24.1 Å². The number of hydrogen-bond donors (Lipinski definition) is 1. The summed E-state index contributed by atoms with van der Waals surface area (Å²) in [7, 11) is -1.86. The number of anilines is 1. The molecule has 2 aromatic rings. The molecule has 2 rings (SSSR count). The van der Waals surface area contributed by atoms with Gasteiger partial charge in [-0.25, -0.2) is 4.79 Å². The summed E-state index contributed by atoms with van der Waals surface area (Å²) in [4.78, 5) is 26.1. The Morgan fingerprint density at radius 3 is 2.07 bits per heavy atom. The highest BCUT2D eigenvalue weighted by Gasteiger charge is 2.48. The second kappa shape index (κ2) is 11.3. The summed E-state index contributed by atoms with van der Waals surface area (Å²) < 4.78 is 5.58. The van der Waals surface area contributed by atoms with E-state index in [1.165, 1.54) is 0 Å². The van der Waals surface area contributed by atoms with Gasteiger partial charge in [0.2, 0.25) is 0 Å². The Balaban J connectivity index is 2.15. The molecule has 0 spiro atoms. The van der Waals surface area contributed by atoms with E-state index in [2.05, 4.69) is 19.2 Å². The Hall–Kier alpha value is -2.19. The molecule has 0 saturated heterocycles. The molecule has 4 nitrogen and oxygen atoms in total. The standard InChI is InChI=1S/C25H34NO3P/c1-6-22(25(28)26-24-19(4)13-12-14-20(24)5)30(7-2,8-3)18-23(27)29-17-21-15-10-9-11-16-21/h9-16,22H,6-8,17-18H2,1-5H3/p+1. The van der Waals surface area contributed by atoms with Crippen LogP contribution in [0.1, 0.15) is 43.9 Å². The molecule has 0 aliphatic rings. The topological polar surface area (TPSA) is 55.4 Å². The van der Waals surface area contributed by atoms with E-state index in [1.807, 2.05) is 69.3 Å². The van der Waals surface area contributed by atoms with Crippen molar-refractivity contribution in [1.29, 1.82) is 0 Å². The van der Waals surface area contributed by atoms with Crippen LogP contribution in [0.2, 0.25) is 0 Å². The zero-order valence-electron chi connectivity index (χ0n) is 18.9. The predicted molar refractivity (Wildman–Crippen MR) is 128 cm³/mol. The number of ether oxygens (including phenoxy) is 1. The van der Waals surface area contributed by atoms with Crippen molar-refractivity contribution in [3.8, 4) is 0 Å². The zero-order valence-corrected chi connectivity index (χ0v) is 19.8. The lowest BCUT2D eigenvalue weighted by molar-refractivity contribution is -0.141. The maximum absolute atomic E-state index is 13.3. The number of nitrogens with one attached hydrogen (secondary N) is 1. The van der Waals surface area contributed by atoms with Gasteiger partial charge in [0.15, 0.2) is 6.16 Å².